The number of carbonyl (C=O) groups is 1. The van der Waals surface area contributed by atoms with Gasteiger partial charge in [0, 0.05) is 11.8 Å². The van der Waals surface area contributed by atoms with E-state index in [2.05, 4.69) is 19.0 Å². The minimum Gasteiger partial charge on any atom is -0.330 e. The van der Waals surface area contributed by atoms with Crippen molar-refractivity contribution in [2.45, 2.75) is 96.9 Å². The lowest BCUT2D eigenvalue weighted by atomic mass is 9.43. The monoisotopic (exact) mass is 388 g/mol. The van der Waals surface area contributed by atoms with Gasteiger partial charge in [0.05, 0.1) is 6.04 Å². The third-order valence-electron chi connectivity index (χ3n) is 9.95. The fourth-order valence-electron chi connectivity index (χ4n) is 8.29. The Morgan fingerprint density at radius 1 is 1.00 bits per heavy atom. The molecule has 0 radical (unpaired) electrons. The second kappa shape index (κ2) is 7.81. The van der Waals surface area contributed by atoms with E-state index in [4.69, 9.17) is 5.73 Å². The third kappa shape index (κ3) is 3.18. The normalized spacial score (nSPS) is 47.9. The van der Waals surface area contributed by atoms with Crippen LogP contribution < -0.4 is 5.73 Å². The summed E-state index contributed by atoms with van der Waals surface area (Å²) in [5, 5.41) is 3.72. The Hall–Kier alpha value is -0.770. The summed E-state index contributed by atoms with van der Waals surface area (Å²) in [6.07, 6.45) is 13.7. The minimum atomic E-state index is -0.113. The highest BCUT2D eigenvalue weighted by atomic mass is 16.3. The Morgan fingerprint density at radius 3 is 2.57 bits per heavy atom. The van der Waals surface area contributed by atoms with Crippen LogP contribution in [0.4, 0.5) is 0 Å². The molecule has 0 heterocycles. The lowest BCUT2D eigenvalue weighted by Crippen LogP contribution is -2.57. The first-order valence-electron chi connectivity index (χ1n) is 12.0. The fourth-order valence-corrected chi connectivity index (χ4v) is 8.29. The van der Waals surface area contributed by atoms with E-state index in [-0.39, 0.29) is 16.9 Å². The molecule has 4 rings (SSSR count). The number of fused-ring (bicyclic) bond motifs is 5. The minimum absolute atomic E-state index is 0.0313. The first kappa shape index (κ1) is 20.5. The van der Waals surface area contributed by atoms with E-state index in [0.717, 1.165) is 44.6 Å². The molecule has 0 amide bonds. The Labute approximate surface area is 170 Å². The number of hydrogen-bond acceptors (Lipinski definition) is 4. The number of rotatable bonds is 6. The van der Waals surface area contributed by atoms with Crippen LogP contribution in [0.5, 0.6) is 0 Å². The van der Waals surface area contributed by atoms with E-state index >= 15 is 0 Å². The van der Waals surface area contributed by atoms with Gasteiger partial charge >= 0.3 is 0 Å². The van der Waals surface area contributed by atoms with Gasteiger partial charge in [-0.2, -0.15) is 4.91 Å². The highest BCUT2D eigenvalue weighted by Gasteiger charge is 2.62. The summed E-state index contributed by atoms with van der Waals surface area (Å²) in [5.74, 6) is 3.43. The van der Waals surface area contributed by atoms with Gasteiger partial charge in [0.25, 0.3) is 0 Å². The van der Waals surface area contributed by atoms with Crippen LogP contribution in [0.1, 0.15) is 90.9 Å². The molecule has 4 aliphatic rings. The predicted octanol–water partition coefficient (Wildman–Crippen LogP) is 5.48. The van der Waals surface area contributed by atoms with Crippen molar-refractivity contribution in [2.75, 3.05) is 6.54 Å². The lowest BCUT2D eigenvalue weighted by Gasteiger charge is -2.61. The van der Waals surface area contributed by atoms with Gasteiger partial charge in [0.2, 0.25) is 0 Å². The Bertz CT molecular complexity index is 607. The Morgan fingerprint density at radius 2 is 1.82 bits per heavy atom. The van der Waals surface area contributed by atoms with E-state index in [0.29, 0.717) is 29.5 Å². The molecule has 8 atom stereocenters. The van der Waals surface area contributed by atoms with Gasteiger partial charge in [0.1, 0.15) is 5.78 Å². The largest absolute Gasteiger partial charge is 0.330 e. The molecule has 0 aromatic carbocycles. The van der Waals surface area contributed by atoms with Gasteiger partial charge in [0.15, 0.2) is 0 Å². The summed E-state index contributed by atoms with van der Waals surface area (Å²) >= 11 is 0. The van der Waals surface area contributed by atoms with Crippen molar-refractivity contribution in [3.63, 3.8) is 0 Å². The molecule has 4 nitrogen and oxygen atoms in total. The number of nitroso groups, excluding NO2 is 1. The van der Waals surface area contributed by atoms with Gasteiger partial charge < -0.3 is 5.73 Å². The van der Waals surface area contributed by atoms with Gasteiger partial charge in [-0.25, -0.2) is 0 Å². The second-order valence-corrected chi connectivity index (χ2v) is 11.1. The fraction of sp³-hybridized carbons (Fsp3) is 0.958. The second-order valence-electron chi connectivity index (χ2n) is 11.1. The molecule has 4 aliphatic carbocycles. The number of ketones is 1. The number of unbranched alkanes of at least 4 members (excludes halogenated alkanes) is 2. The number of nitrogens with zero attached hydrogens (tertiary/aromatic N) is 1. The molecule has 0 spiro atoms. The molecule has 4 heteroatoms. The molecule has 4 saturated carbocycles. The van der Waals surface area contributed by atoms with Crippen LogP contribution in [0.3, 0.4) is 0 Å². The van der Waals surface area contributed by atoms with Gasteiger partial charge in [-0.3, -0.25) is 4.79 Å². The molecular formula is C24H40N2O2. The van der Waals surface area contributed by atoms with Crippen LogP contribution in [0.2, 0.25) is 0 Å². The predicted molar refractivity (Wildman–Crippen MR) is 113 cm³/mol. The highest BCUT2D eigenvalue weighted by Crippen LogP contribution is 2.66. The maximum absolute atomic E-state index is 12.6. The average Bonchev–Trinajstić information content (AvgIpc) is 3.00. The zero-order valence-electron chi connectivity index (χ0n) is 18.0. The molecule has 0 aromatic rings. The molecule has 158 valence electrons. The highest BCUT2D eigenvalue weighted by molar-refractivity contribution is 5.87. The van der Waals surface area contributed by atoms with Crippen molar-refractivity contribution < 1.29 is 4.79 Å². The van der Waals surface area contributed by atoms with Crippen LogP contribution in [-0.4, -0.2) is 18.4 Å². The zero-order valence-corrected chi connectivity index (χ0v) is 18.0. The van der Waals surface area contributed by atoms with Crippen molar-refractivity contribution in [3.8, 4) is 0 Å². The van der Waals surface area contributed by atoms with Gasteiger partial charge in [-0.15, -0.1) is 0 Å². The molecule has 28 heavy (non-hydrogen) atoms. The van der Waals surface area contributed by atoms with E-state index < -0.39 is 0 Å². The van der Waals surface area contributed by atoms with Crippen LogP contribution in [0.25, 0.3) is 0 Å². The summed E-state index contributed by atoms with van der Waals surface area (Å²) < 4.78 is 0. The average molecular weight is 389 g/mol. The number of hydrogen-bond donors (Lipinski definition) is 1. The smallest absolute Gasteiger partial charge is 0.139 e. The quantitative estimate of drug-likeness (QED) is 0.484. The van der Waals surface area contributed by atoms with E-state index in [9.17, 15) is 9.70 Å². The van der Waals surface area contributed by atoms with Crippen molar-refractivity contribution in [3.05, 3.63) is 4.91 Å². The first-order chi connectivity index (χ1) is 13.4. The Kier molecular flexibility index (Phi) is 5.72. The van der Waals surface area contributed by atoms with Gasteiger partial charge in [-0.1, -0.05) is 38.3 Å². The SMILES string of the molecule is C[C@]12CC[C@H](CCCCCN)CC1C(N=O)C[C@@H]1[C@@H]2CC[C@]2(C)C(=O)CC[C@@H]12. The number of Topliss-reactive ketones (excluding diaryl/α,β-unsaturated/α-hetero) is 1. The summed E-state index contributed by atoms with van der Waals surface area (Å²) in [6.45, 7) is 5.50. The molecule has 0 saturated heterocycles. The van der Waals surface area contributed by atoms with E-state index in [1.54, 1.807) is 0 Å². The first-order valence-corrected chi connectivity index (χ1v) is 12.0. The molecule has 0 aromatic heterocycles. The van der Waals surface area contributed by atoms with Crippen LogP contribution in [-0.2, 0) is 4.79 Å². The number of nitrogens with two attached hydrogens (primary N) is 1. The van der Waals surface area contributed by atoms with Crippen molar-refractivity contribution in [1.82, 2.24) is 0 Å². The van der Waals surface area contributed by atoms with Crippen LogP contribution in [0.15, 0.2) is 5.18 Å². The molecule has 2 unspecified atom stereocenters. The van der Waals surface area contributed by atoms with Crippen LogP contribution in [0, 0.1) is 45.3 Å². The molecule has 2 N–H and O–H groups in total. The van der Waals surface area contributed by atoms with Crippen molar-refractivity contribution in [2.24, 2.45) is 51.3 Å². The third-order valence-corrected chi connectivity index (χ3v) is 9.95. The van der Waals surface area contributed by atoms with E-state index in [1.807, 2.05) is 0 Å². The zero-order chi connectivity index (χ0) is 19.9. The van der Waals surface area contributed by atoms with E-state index in [1.165, 1.54) is 44.9 Å². The topological polar surface area (TPSA) is 72.5 Å². The summed E-state index contributed by atoms with van der Waals surface area (Å²) in [5.41, 5.74) is 5.78. The molecule has 0 aliphatic heterocycles. The maximum atomic E-state index is 12.6. The standard InChI is InChI=1S/C24H40N2O2/c1-23-11-9-16(6-4-3-5-13-25)14-20(23)21(26-28)15-17-18-7-8-22(27)24(18,2)12-10-19(17)23/h16-21H,3-15,25H2,1-2H3/t16-,17-,18-,19-,20?,21?,23+,24-/m0/s1. The molecular weight excluding hydrogens is 348 g/mol. The summed E-state index contributed by atoms with van der Waals surface area (Å²) in [6, 6.07) is -0.0313. The van der Waals surface area contributed by atoms with Crippen molar-refractivity contribution >= 4 is 5.78 Å². The summed E-state index contributed by atoms with van der Waals surface area (Å²) in [7, 11) is 0. The molecule has 0 bridgehead atoms. The maximum Gasteiger partial charge on any atom is 0.139 e. The summed E-state index contributed by atoms with van der Waals surface area (Å²) in [4.78, 5) is 24.6. The van der Waals surface area contributed by atoms with Gasteiger partial charge in [-0.05, 0) is 92.9 Å². The number of carbonyl (C=O) groups excluding carboxylic acids is 1. The Balaban J connectivity index is 1.51. The van der Waals surface area contributed by atoms with Crippen LogP contribution >= 0.6 is 0 Å². The van der Waals surface area contributed by atoms with Crippen molar-refractivity contribution in [1.29, 1.82) is 0 Å². The lowest BCUT2D eigenvalue weighted by molar-refractivity contribution is -0.142. The molecule has 4 fully saturated rings.